The van der Waals surface area contributed by atoms with E-state index in [9.17, 15) is 14.4 Å². The van der Waals surface area contributed by atoms with E-state index in [1.165, 1.54) is 0 Å². The number of benzene rings is 2. The fourth-order valence-electron chi connectivity index (χ4n) is 4.83. The van der Waals surface area contributed by atoms with Crippen LogP contribution >= 0.6 is 11.8 Å². The van der Waals surface area contributed by atoms with Crippen LogP contribution < -0.4 is 10.6 Å². The Morgan fingerprint density at radius 2 is 1.63 bits per heavy atom. The summed E-state index contributed by atoms with van der Waals surface area (Å²) in [5.41, 5.74) is 4.72. The molecule has 0 aliphatic rings. The molecule has 2 rings (SSSR count). The first-order chi connectivity index (χ1) is 19.3. The van der Waals surface area contributed by atoms with Gasteiger partial charge < -0.3 is 20.3 Å². The van der Waals surface area contributed by atoms with Crippen LogP contribution in [0.1, 0.15) is 87.2 Å². The number of hydrogen-bond donors (Lipinski definition) is 2. The van der Waals surface area contributed by atoms with Gasteiger partial charge in [-0.3, -0.25) is 9.59 Å². The van der Waals surface area contributed by atoms with Gasteiger partial charge in [0.15, 0.2) is 0 Å². The van der Waals surface area contributed by atoms with Crippen molar-refractivity contribution in [3.8, 4) is 0 Å². The first kappa shape index (κ1) is 34.2. The minimum Gasteiger partial charge on any atom is -0.444 e. The topological polar surface area (TPSA) is 87.7 Å². The Balaban J connectivity index is 2.61. The van der Waals surface area contributed by atoms with Gasteiger partial charge in [0.1, 0.15) is 17.7 Å². The van der Waals surface area contributed by atoms with Crippen molar-refractivity contribution in [1.82, 2.24) is 10.2 Å². The van der Waals surface area contributed by atoms with Crippen molar-refractivity contribution in [1.29, 1.82) is 0 Å². The highest BCUT2D eigenvalue weighted by atomic mass is 32.2. The van der Waals surface area contributed by atoms with Gasteiger partial charge in [-0.05, 0) is 95.6 Å². The number of hydrogen-bond acceptors (Lipinski definition) is 5. The van der Waals surface area contributed by atoms with E-state index in [1.807, 2.05) is 70.3 Å². The fraction of sp³-hybridized carbons (Fsp3) is 0.545. The van der Waals surface area contributed by atoms with E-state index in [0.29, 0.717) is 18.7 Å². The number of nitrogens with zero attached hydrogens (tertiary/aromatic N) is 1. The second-order valence-electron chi connectivity index (χ2n) is 11.7. The number of anilines is 1. The quantitative estimate of drug-likeness (QED) is 0.242. The minimum absolute atomic E-state index is 0.278. The molecule has 0 fully saturated rings. The molecule has 0 aromatic heterocycles. The van der Waals surface area contributed by atoms with Gasteiger partial charge in [-0.15, -0.1) is 0 Å². The highest BCUT2D eigenvalue weighted by Crippen LogP contribution is 2.30. The van der Waals surface area contributed by atoms with Gasteiger partial charge in [0, 0.05) is 12.2 Å². The van der Waals surface area contributed by atoms with Gasteiger partial charge in [-0.25, -0.2) is 4.79 Å². The maximum atomic E-state index is 14.4. The van der Waals surface area contributed by atoms with E-state index in [2.05, 4.69) is 17.6 Å². The molecule has 0 bridgehead atoms. The van der Waals surface area contributed by atoms with Gasteiger partial charge >= 0.3 is 6.09 Å². The molecular weight excluding hydrogens is 534 g/mol. The van der Waals surface area contributed by atoms with Crippen LogP contribution in [0.2, 0.25) is 0 Å². The van der Waals surface area contributed by atoms with Crippen molar-refractivity contribution in [2.75, 3.05) is 23.9 Å². The molecule has 0 saturated carbocycles. The van der Waals surface area contributed by atoms with Gasteiger partial charge in [0.05, 0.1) is 0 Å². The van der Waals surface area contributed by atoms with Crippen LogP contribution in [0.4, 0.5) is 10.5 Å². The van der Waals surface area contributed by atoms with Crippen LogP contribution in [-0.4, -0.2) is 53.0 Å². The molecule has 7 nitrogen and oxygen atoms in total. The third-order valence-electron chi connectivity index (χ3n) is 6.89. The molecule has 0 spiro atoms. The zero-order chi connectivity index (χ0) is 30.7. The standard InChI is InChI=1S/C33H49N3O4S/c1-10-11-12-19-36(31(38)27(18-20-41-9)34-32(39)40-33(6,7)8)29(26-17-16-22(2)21-25(26)5)30(37)35-28-23(3)14-13-15-24(28)4/h13-17,21,27,29H,10-12,18-20H2,1-9H3,(H,34,39)(H,35,37). The summed E-state index contributed by atoms with van der Waals surface area (Å²) in [7, 11) is 0. The summed E-state index contributed by atoms with van der Waals surface area (Å²) in [5, 5.41) is 5.97. The average molecular weight is 584 g/mol. The van der Waals surface area contributed by atoms with E-state index in [-0.39, 0.29) is 11.8 Å². The molecule has 2 aromatic carbocycles. The van der Waals surface area contributed by atoms with Crippen LogP contribution in [0.3, 0.4) is 0 Å². The largest absolute Gasteiger partial charge is 0.444 e. The van der Waals surface area contributed by atoms with Crippen LogP contribution in [0.15, 0.2) is 36.4 Å². The molecule has 41 heavy (non-hydrogen) atoms. The van der Waals surface area contributed by atoms with E-state index >= 15 is 0 Å². The molecule has 0 heterocycles. The van der Waals surface area contributed by atoms with Gasteiger partial charge in [0.2, 0.25) is 5.91 Å². The lowest BCUT2D eigenvalue weighted by molar-refractivity contribution is -0.141. The average Bonchev–Trinajstić information content (AvgIpc) is 2.87. The van der Waals surface area contributed by atoms with Crippen molar-refractivity contribution in [3.63, 3.8) is 0 Å². The summed E-state index contributed by atoms with van der Waals surface area (Å²) in [6, 6.07) is 10.1. The lowest BCUT2D eigenvalue weighted by Gasteiger charge is -2.35. The van der Waals surface area contributed by atoms with Crippen LogP contribution in [-0.2, 0) is 14.3 Å². The zero-order valence-electron chi connectivity index (χ0n) is 26.3. The first-order valence-corrected chi connectivity index (χ1v) is 15.9. The number of unbranched alkanes of at least 4 members (excludes halogenated alkanes) is 2. The Kier molecular flexibility index (Phi) is 13.2. The Morgan fingerprint density at radius 1 is 0.976 bits per heavy atom. The van der Waals surface area contributed by atoms with Crippen LogP contribution in [0.25, 0.3) is 0 Å². The summed E-state index contributed by atoms with van der Waals surface area (Å²) in [6.07, 6.45) is 4.36. The summed E-state index contributed by atoms with van der Waals surface area (Å²) < 4.78 is 5.50. The molecule has 2 N–H and O–H groups in total. The van der Waals surface area contributed by atoms with Crippen LogP contribution in [0.5, 0.6) is 0 Å². The number of carbonyl (C=O) groups excluding carboxylic acids is 3. The summed E-state index contributed by atoms with van der Waals surface area (Å²) in [6.45, 7) is 15.8. The molecule has 0 aliphatic heterocycles. The van der Waals surface area contributed by atoms with E-state index in [4.69, 9.17) is 4.74 Å². The Morgan fingerprint density at radius 3 is 2.20 bits per heavy atom. The molecule has 0 radical (unpaired) electrons. The molecule has 226 valence electrons. The summed E-state index contributed by atoms with van der Waals surface area (Å²) in [4.78, 5) is 43.1. The predicted molar refractivity (Wildman–Crippen MR) is 171 cm³/mol. The number of alkyl carbamates (subject to hydrolysis) is 1. The lowest BCUT2D eigenvalue weighted by Crippen LogP contribution is -2.53. The number of nitrogens with one attached hydrogen (secondary N) is 2. The molecule has 2 aromatic rings. The summed E-state index contributed by atoms with van der Waals surface area (Å²) >= 11 is 1.60. The fourth-order valence-corrected chi connectivity index (χ4v) is 5.30. The highest BCUT2D eigenvalue weighted by molar-refractivity contribution is 7.98. The molecule has 0 aliphatic carbocycles. The third-order valence-corrected chi connectivity index (χ3v) is 7.54. The number of aryl methyl sites for hydroxylation is 4. The second kappa shape index (κ2) is 15.9. The molecule has 2 unspecified atom stereocenters. The number of para-hydroxylation sites is 1. The maximum Gasteiger partial charge on any atom is 0.408 e. The number of ether oxygens (including phenoxy) is 1. The Labute approximate surface area is 251 Å². The van der Waals surface area contributed by atoms with Crippen LogP contribution in [0, 0.1) is 27.7 Å². The molecular formula is C33H49N3O4S. The maximum absolute atomic E-state index is 14.4. The monoisotopic (exact) mass is 583 g/mol. The van der Waals surface area contributed by atoms with E-state index in [0.717, 1.165) is 52.8 Å². The van der Waals surface area contributed by atoms with Crippen molar-refractivity contribution >= 4 is 35.4 Å². The Bertz CT molecular complexity index is 1170. The SMILES string of the molecule is CCCCCN(C(=O)C(CCSC)NC(=O)OC(C)(C)C)C(C(=O)Nc1c(C)cccc1C)c1ccc(C)cc1C. The van der Waals surface area contributed by atoms with E-state index in [1.54, 1.807) is 37.4 Å². The Hall–Kier alpha value is -3.00. The predicted octanol–water partition coefficient (Wildman–Crippen LogP) is 7.27. The van der Waals surface area contributed by atoms with Gasteiger partial charge in [-0.1, -0.05) is 61.7 Å². The van der Waals surface area contributed by atoms with E-state index < -0.39 is 23.8 Å². The smallest absolute Gasteiger partial charge is 0.408 e. The third kappa shape index (κ3) is 10.4. The lowest BCUT2D eigenvalue weighted by atomic mass is 9.95. The van der Waals surface area contributed by atoms with Crippen molar-refractivity contribution < 1.29 is 19.1 Å². The van der Waals surface area contributed by atoms with Gasteiger partial charge in [-0.2, -0.15) is 11.8 Å². The molecule has 8 heteroatoms. The first-order valence-electron chi connectivity index (χ1n) is 14.5. The van der Waals surface area contributed by atoms with Crippen molar-refractivity contribution in [2.45, 2.75) is 98.8 Å². The zero-order valence-corrected chi connectivity index (χ0v) is 27.2. The van der Waals surface area contributed by atoms with Gasteiger partial charge in [0.25, 0.3) is 5.91 Å². The number of thioether (sulfide) groups is 1. The normalized spacial score (nSPS) is 12.8. The van der Waals surface area contributed by atoms with Crippen molar-refractivity contribution in [2.24, 2.45) is 0 Å². The second-order valence-corrected chi connectivity index (χ2v) is 12.7. The molecule has 0 saturated heterocycles. The summed E-state index contributed by atoms with van der Waals surface area (Å²) in [5.74, 6) is 0.0976. The highest BCUT2D eigenvalue weighted by Gasteiger charge is 2.37. The number of rotatable bonds is 13. The molecule has 3 amide bonds. The number of amides is 3. The number of carbonyl (C=O) groups is 3. The minimum atomic E-state index is -0.879. The molecule has 2 atom stereocenters. The van der Waals surface area contributed by atoms with Crippen molar-refractivity contribution in [3.05, 3.63) is 64.2 Å².